The fourth-order valence-corrected chi connectivity index (χ4v) is 2.91. The maximum Gasteiger partial charge on any atom is 0.222 e. The minimum Gasteiger partial charge on any atom is -0.372 e. The van der Waals surface area contributed by atoms with Crippen molar-refractivity contribution in [3.05, 3.63) is 53.9 Å². The summed E-state index contributed by atoms with van der Waals surface area (Å²) in [6.45, 7) is 2.16. The number of amides is 1. The van der Waals surface area contributed by atoms with Gasteiger partial charge in [-0.15, -0.1) is 0 Å². The molecule has 3 rings (SSSR count). The van der Waals surface area contributed by atoms with Gasteiger partial charge >= 0.3 is 0 Å². The zero-order valence-corrected chi connectivity index (χ0v) is 13.3. The van der Waals surface area contributed by atoms with Crippen LogP contribution in [0.3, 0.4) is 0 Å². The van der Waals surface area contributed by atoms with Gasteiger partial charge in [-0.25, -0.2) is 0 Å². The van der Waals surface area contributed by atoms with Gasteiger partial charge in [0.1, 0.15) is 0 Å². The van der Waals surface area contributed by atoms with Crippen LogP contribution < -0.4 is 0 Å². The molecule has 2 aromatic rings. The van der Waals surface area contributed by atoms with Crippen molar-refractivity contribution in [1.29, 1.82) is 0 Å². The number of aromatic nitrogens is 2. The van der Waals surface area contributed by atoms with Crippen LogP contribution in [0.5, 0.6) is 0 Å². The van der Waals surface area contributed by atoms with Crippen molar-refractivity contribution >= 4 is 5.91 Å². The highest BCUT2D eigenvalue weighted by Gasteiger charge is 2.23. The standard InChI is InChI=1S/C18H23N3O2/c22-18(9-8-16-11-19-20-12-16)21-10-4-7-17(13-21)23-14-15-5-2-1-3-6-15/h1-3,5-6,11-12,17H,4,7-10,13-14H2,(H,19,20)/t17-/m0/s1. The molecule has 0 bridgehead atoms. The molecule has 1 saturated heterocycles. The summed E-state index contributed by atoms with van der Waals surface area (Å²) in [6, 6.07) is 10.2. The lowest BCUT2D eigenvalue weighted by atomic mass is 10.1. The molecule has 0 radical (unpaired) electrons. The predicted octanol–water partition coefficient (Wildman–Crippen LogP) is 2.55. The van der Waals surface area contributed by atoms with Crippen LogP contribution in [-0.4, -0.2) is 40.2 Å². The number of rotatable bonds is 6. The number of hydrogen-bond donors (Lipinski definition) is 1. The molecular weight excluding hydrogens is 290 g/mol. The predicted molar refractivity (Wildman–Crippen MR) is 87.7 cm³/mol. The smallest absolute Gasteiger partial charge is 0.222 e. The topological polar surface area (TPSA) is 58.2 Å². The number of H-pyrrole nitrogens is 1. The minimum absolute atomic E-state index is 0.141. The monoisotopic (exact) mass is 313 g/mol. The van der Waals surface area contributed by atoms with E-state index < -0.39 is 0 Å². The molecule has 1 aliphatic rings. The first-order valence-corrected chi connectivity index (χ1v) is 8.22. The minimum atomic E-state index is 0.141. The van der Waals surface area contributed by atoms with Crippen molar-refractivity contribution < 1.29 is 9.53 Å². The Labute approximate surface area is 136 Å². The molecule has 5 heteroatoms. The van der Waals surface area contributed by atoms with Gasteiger partial charge in [-0.1, -0.05) is 30.3 Å². The van der Waals surface area contributed by atoms with E-state index in [1.165, 1.54) is 5.56 Å². The van der Waals surface area contributed by atoms with Crippen molar-refractivity contribution in [1.82, 2.24) is 15.1 Å². The number of ether oxygens (including phenoxy) is 1. The van der Waals surface area contributed by atoms with Crippen molar-refractivity contribution in [2.75, 3.05) is 13.1 Å². The van der Waals surface area contributed by atoms with Gasteiger partial charge in [0.15, 0.2) is 0 Å². The number of aryl methyl sites for hydroxylation is 1. The maximum absolute atomic E-state index is 12.4. The lowest BCUT2D eigenvalue weighted by molar-refractivity contribution is -0.135. The third kappa shape index (κ3) is 4.66. The zero-order chi connectivity index (χ0) is 15.9. The second kappa shape index (κ2) is 7.92. The Bertz CT molecular complexity index is 598. The molecule has 0 spiro atoms. The van der Waals surface area contributed by atoms with Crippen molar-refractivity contribution in [3.8, 4) is 0 Å². The van der Waals surface area contributed by atoms with Crippen LogP contribution >= 0.6 is 0 Å². The molecule has 1 aromatic carbocycles. The molecule has 1 N–H and O–H groups in total. The summed E-state index contributed by atoms with van der Waals surface area (Å²) in [7, 11) is 0. The lowest BCUT2D eigenvalue weighted by Crippen LogP contribution is -2.43. The van der Waals surface area contributed by atoms with Crippen LogP contribution in [0.25, 0.3) is 0 Å². The van der Waals surface area contributed by atoms with E-state index in [4.69, 9.17) is 4.74 Å². The highest BCUT2D eigenvalue weighted by molar-refractivity contribution is 5.76. The van der Waals surface area contributed by atoms with E-state index in [-0.39, 0.29) is 12.0 Å². The van der Waals surface area contributed by atoms with Crippen molar-refractivity contribution in [2.24, 2.45) is 0 Å². The highest BCUT2D eigenvalue weighted by atomic mass is 16.5. The lowest BCUT2D eigenvalue weighted by Gasteiger charge is -2.32. The first kappa shape index (κ1) is 15.7. The second-order valence-electron chi connectivity index (χ2n) is 6.01. The molecule has 0 saturated carbocycles. The number of carbonyl (C=O) groups is 1. The van der Waals surface area contributed by atoms with E-state index >= 15 is 0 Å². The molecule has 1 atom stereocenters. The molecule has 1 amide bonds. The highest BCUT2D eigenvalue weighted by Crippen LogP contribution is 2.16. The molecule has 1 aliphatic heterocycles. The first-order chi connectivity index (χ1) is 11.3. The van der Waals surface area contributed by atoms with E-state index in [1.807, 2.05) is 29.3 Å². The van der Waals surface area contributed by atoms with E-state index in [2.05, 4.69) is 22.3 Å². The summed E-state index contributed by atoms with van der Waals surface area (Å²) >= 11 is 0. The number of aromatic amines is 1. The molecule has 122 valence electrons. The molecule has 5 nitrogen and oxygen atoms in total. The van der Waals surface area contributed by atoms with Gasteiger partial charge in [-0.3, -0.25) is 9.89 Å². The number of carbonyl (C=O) groups excluding carboxylic acids is 1. The third-order valence-electron chi connectivity index (χ3n) is 4.24. The molecule has 0 aliphatic carbocycles. The number of benzene rings is 1. The van der Waals surface area contributed by atoms with Crippen molar-refractivity contribution in [2.45, 2.75) is 38.4 Å². The van der Waals surface area contributed by atoms with E-state index in [0.29, 0.717) is 19.6 Å². The SMILES string of the molecule is O=C(CCc1cn[nH]c1)N1CCC[C@H](OCc2ccccc2)C1. The average molecular weight is 313 g/mol. The molecule has 2 heterocycles. The van der Waals surface area contributed by atoms with Gasteiger partial charge in [-0.05, 0) is 30.4 Å². The Kier molecular flexibility index (Phi) is 5.42. The first-order valence-electron chi connectivity index (χ1n) is 8.22. The zero-order valence-electron chi connectivity index (χ0n) is 13.3. The molecule has 1 aromatic heterocycles. The summed E-state index contributed by atoms with van der Waals surface area (Å²) < 4.78 is 5.99. The number of nitrogens with one attached hydrogen (secondary N) is 1. The Morgan fingerprint density at radius 2 is 2.17 bits per heavy atom. The van der Waals surface area contributed by atoms with Gasteiger partial charge in [0.05, 0.1) is 18.9 Å². The number of hydrogen-bond acceptors (Lipinski definition) is 3. The third-order valence-corrected chi connectivity index (χ3v) is 4.24. The van der Waals surface area contributed by atoms with Crippen LogP contribution in [0.1, 0.15) is 30.4 Å². The van der Waals surface area contributed by atoms with Gasteiger partial charge < -0.3 is 9.64 Å². The average Bonchev–Trinajstić information content (AvgIpc) is 3.12. The van der Waals surface area contributed by atoms with E-state index in [1.54, 1.807) is 6.20 Å². The summed E-state index contributed by atoms with van der Waals surface area (Å²) in [6.07, 6.45) is 7.06. The molecule has 1 fully saturated rings. The van der Waals surface area contributed by atoms with Crippen molar-refractivity contribution in [3.63, 3.8) is 0 Å². The Morgan fingerprint density at radius 3 is 2.96 bits per heavy atom. The summed E-state index contributed by atoms with van der Waals surface area (Å²) in [5.74, 6) is 0.208. The number of piperidine rings is 1. The molecule has 23 heavy (non-hydrogen) atoms. The van der Waals surface area contributed by atoms with E-state index in [9.17, 15) is 4.79 Å². The molecular formula is C18H23N3O2. The fourth-order valence-electron chi connectivity index (χ4n) is 2.91. The van der Waals surface area contributed by atoms with Gasteiger partial charge in [-0.2, -0.15) is 5.10 Å². The van der Waals surface area contributed by atoms with Crippen LogP contribution in [0.2, 0.25) is 0 Å². The largest absolute Gasteiger partial charge is 0.372 e. The normalized spacial score (nSPS) is 18.1. The summed E-state index contributed by atoms with van der Waals surface area (Å²) in [4.78, 5) is 14.3. The van der Waals surface area contributed by atoms with Crippen LogP contribution in [0.4, 0.5) is 0 Å². The van der Waals surface area contributed by atoms with Crippen LogP contribution in [-0.2, 0) is 22.6 Å². The van der Waals surface area contributed by atoms with Gasteiger partial charge in [0.2, 0.25) is 5.91 Å². The number of likely N-dealkylation sites (tertiary alicyclic amines) is 1. The van der Waals surface area contributed by atoms with Gasteiger partial charge in [0, 0.05) is 25.7 Å². The van der Waals surface area contributed by atoms with E-state index in [0.717, 1.165) is 31.4 Å². The fraction of sp³-hybridized carbons (Fsp3) is 0.444. The Balaban J connectivity index is 1.44. The Hall–Kier alpha value is -2.14. The Morgan fingerprint density at radius 1 is 1.30 bits per heavy atom. The number of nitrogens with zero attached hydrogens (tertiary/aromatic N) is 2. The maximum atomic E-state index is 12.4. The quantitative estimate of drug-likeness (QED) is 0.891. The summed E-state index contributed by atoms with van der Waals surface area (Å²) in [5, 5.41) is 6.69. The van der Waals surface area contributed by atoms with Gasteiger partial charge in [0.25, 0.3) is 0 Å². The second-order valence-corrected chi connectivity index (χ2v) is 6.01. The summed E-state index contributed by atoms with van der Waals surface area (Å²) in [5.41, 5.74) is 2.25. The van der Waals surface area contributed by atoms with Crippen LogP contribution in [0, 0.1) is 0 Å². The van der Waals surface area contributed by atoms with Crippen LogP contribution in [0.15, 0.2) is 42.7 Å². The molecule has 0 unspecified atom stereocenters.